The van der Waals surface area contributed by atoms with Gasteiger partial charge in [-0.3, -0.25) is 0 Å². The lowest BCUT2D eigenvalue weighted by molar-refractivity contribution is 1.13. The summed E-state index contributed by atoms with van der Waals surface area (Å²) in [4.78, 5) is 4.44. The molecule has 2 N–H and O–H groups in total. The van der Waals surface area contributed by atoms with E-state index < -0.39 is 0 Å². The van der Waals surface area contributed by atoms with Crippen LogP contribution in [0.1, 0.15) is 18.1 Å². The van der Waals surface area contributed by atoms with Crippen LogP contribution in [0.5, 0.6) is 0 Å². The van der Waals surface area contributed by atoms with Gasteiger partial charge in [0.15, 0.2) is 0 Å². The fourth-order valence-electron chi connectivity index (χ4n) is 1.65. The van der Waals surface area contributed by atoms with Crippen molar-refractivity contribution >= 4 is 32.7 Å². The summed E-state index contributed by atoms with van der Waals surface area (Å²) in [6.07, 6.45) is 0.917. The standard InChI is InChI=1S/C12H13BrN2/c1-3-8-6-9-5-4-7(2)10(13)11(9)15-12(8)14/h4-6H,3H2,1-2H3,(H2,14,15). The van der Waals surface area contributed by atoms with Crippen LogP contribution in [0.15, 0.2) is 22.7 Å². The van der Waals surface area contributed by atoms with Crippen LogP contribution in [-0.4, -0.2) is 4.98 Å². The number of nitrogens with zero attached hydrogens (tertiary/aromatic N) is 1. The van der Waals surface area contributed by atoms with Crippen molar-refractivity contribution in [2.24, 2.45) is 0 Å². The molecule has 2 rings (SSSR count). The Morgan fingerprint density at radius 2 is 2.13 bits per heavy atom. The van der Waals surface area contributed by atoms with Gasteiger partial charge >= 0.3 is 0 Å². The van der Waals surface area contributed by atoms with E-state index in [-0.39, 0.29) is 0 Å². The first-order valence-electron chi connectivity index (χ1n) is 4.97. The average molecular weight is 265 g/mol. The summed E-state index contributed by atoms with van der Waals surface area (Å²) in [6, 6.07) is 6.28. The van der Waals surface area contributed by atoms with Crippen molar-refractivity contribution in [2.75, 3.05) is 5.73 Å². The number of halogens is 1. The molecule has 15 heavy (non-hydrogen) atoms. The number of aromatic nitrogens is 1. The van der Waals surface area contributed by atoms with E-state index in [2.05, 4.69) is 53.0 Å². The fourth-order valence-corrected chi connectivity index (χ4v) is 2.10. The van der Waals surface area contributed by atoms with Gasteiger partial charge in [0, 0.05) is 9.86 Å². The fraction of sp³-hybridized carbons (Fsp3) is 0.250. The molecule has 0 aliphatic heterocycles. The summed E-state index contributed by atoms with van der Waals surface area (Å²) in [6.45, 7) is 4.14. The molecule has 1 heterocycles. The molecule has 3 heteroatoms. The van der Waals surface area contributed by atoms with E-state index in [0.717, 1.165) is 27.4 Å². The van der Waals surface area contributed by atoms with Crippen LogP contribution in [0.4, 0.5) is 5.82 Å². The summed E-state index contributed by atoms with van der Waals surface area (Å²) in [5.41, 5.74) is 9.12. The van der Waals surface area contributed by atoms with Crippen LogP contribution in [0.25, 0.3) is 10.9 Å². The largest absolute Gasteiger partial charge is 0.383 e. The number of rotatable bonds is 1. The summed E-state index contributed by atoms with van der Waals surface area (Å²) < 4.78 is 1.04. The molecule has 0 aliphatic rings. The van der Waals surface area contributed by atoms with Gasteiger partial charge in [0.05, 0.1) is 5.52 Å². The van der Waals surface area contributed by atoms with E-state index in [1.165, 1.54) is 5.56 Å². The average Bonchev–Trinajstić information content (AvgIpc) is 2.24. The van der Waals surface area contributed by atoms with E-state index in [1.807, 2.05) is 0 Å². The second kappa shape index (κ2) is 3.81. The van der Waals surface area contributed by atoms with Gasteiger partial charge in [-0.05, 0) is 46.5 Å². The number of nitrogens with two attached hydrogens (primary N) is 1. The highest BCUT2D eigenvalue weighted by Crippen LogP contribution is 2.28. The quantitative estimate of drug-likeness (QED) is 0.857. The minimum Gasteiger partial charge on any atom is -0.383 e. The Morgan fingerprint density at radius 1 is 1.40 bits per heavy atom. The third-order valence-corrected chi connectivity index (χ3v) is 3.61. The highest BCUT2D eigenvalue weighted by molar-refractivity contribution is 9.10. The minimum absolute atomic E-state index is 0.635. The molecule has 2 nitrogen and oxygen atoms in total. The second-order valence-electron chi connectivity index (χ2n) is 3.65. The molecular weight excluding hydrogens is 252 g/mol. The SMILES string of the molecule is CCc1cc2ccc(C)c(Br)c2nc1N. The zero-order valence-corrected chi connectivity index (χ0v) is 10.4. The monoisotopic (exact) mass is 264 g/mol. The van der Waals surface area contributed by atoms with Gasteiger partial charge in [-0.25, -0.2) is 4.98 Å². The predicted molar refractivity (Wildman–Crippen MR) is 68.0 cm³/mol. The summed E-state index contributed by atoms with van der Waals surface area (Å²) in [5.74, 6) is 0.635. The molecule has 0 saturated carbocycles. The molecular formula is C12H13BrN2. The predicted octanol–water partition coefficient (Wildman–Crippen LogP) is 3.45. The first-order chi connectivity index (χ1) is 7.13. The smallest absolute Gasteiger partial charge is 0.127 e. The van der Waals surface area contributed by atoms with Crippen molar-refractivity contribution in [2.45, 2.75) is 20.3 Å². The molecule has 0 spiro atoms. The molecule has 0 saturated heterocycles. The minimum atomic E-state index is 0.635. The number of hydrogen-bond donors (Lipinski definition) is 1. The Labute approximate surface area is 97.6 Å². The van der Waals surface area contributed by atoms with Crippen molar-refractivity contribution in [1.29, 1.82) is 0 Å². The molecule has 0 unspecified atom stereocenters. The molecule has 0 aliphatic carbocycles. The van der Waals surface area contributed by atoms with E-state index in [9.17, 15) is 0 Å². The molecule has 78 valence electrons. The number of pyridine rings is 1. The van der Waals surface area contributed by atoms with Gasteiger partial charge in [-0.1, -0.05) is 19.1 Å². The number of hydrogen-bond acceptors (Lipinski definition) is 2. The number of benzene rings is 1. The molecule has 1 aromatic carbocycles. The van der Waals surface area contributed by atoms with Gasteiger partial charge < -0.3 is 5.73 Å². The summed E-state index contributed by atoms with van der Waals surface area (Å²) in [7, 11) is 0. The van der Waals surface area contributed by atoms with Gasteiger partial charge in [-0.2, -0.15) is 0 Å². The molecule has 2 aromatic rings. The highest BCUT2D eigenvalue weighted by Gasteiger charge is 2.06. The normalized spacial score (nSPS) is 10.9. The molecule has 0 amide bonds. The van der Waals surface area contributed by atoms with Gasteiger partial charge in [0.2, 0.25) is 0 Å². The molecule has 0 radical (unpaired) electrons. The topological polar surface area (TPSA) is 38.9 Å². The van der Waals surface area contributed by atoms with Crippen molar-refractivity contribution < 1.29 is 0 Å². The maximum atomic E-state index is 5.88. The van der Waals surface area contributed by atoms with Crippen LogP contribution in [0.2, 0.25) is 0 Å². The van der Waals surface area contributed by atoms with Crippen LogP contribution in [-0.2, 0) is 6.42 Å². The zero-order valence-electron chi connectivity index (χ0n) is 8.84. The number of fused-ring (bicyclic) bond motifs is 1. The second-order valence-corrected chi connectivity index (χ2v) is 4.45. The lowest BCUT2D eigenvalue weighted by Crippen LogP contribution is -1.98. The van der Waals surface area contributed by atoms with E-state index in [1.54, 1.807) is 0 Å². The zero-order chi connectivity index (χ0) is 11.0. The number of anilines is 1. The number of nitrogen functional groups attached to an aromatic ring is 1. The van der Waals surface area contributed by atoms with E-state index in [0.29, 0.717) is 5.82 Å². The van der Waals surface area contributed by atoms with E-state index >= 15 is 0 Å². The maximum Gasteiger partial charge on any atom is 0.127 e. The highest BCUT2D eigenvalue weighted by atomic mass is 79.9. The van der Waals surface area contributed by atoms with Crippen LogP contribution < -0.4 is 5.73 Å². The first-order valence-corrected chi connectivity index (χ1v) is 5.77. The Morgan fingerprint density at radius 3 is 2.80 bits per heavy atom. The Kier molecular flexibility index (Phi) is 2.65. The molecule has 0 atom stereocenters. The molecule has 1 aromatic heterocycles. The molecule has 0 fully saturated rings. The lowest BCUT2D eigenvalue weighted by Gasteiger charge is -2.07. The van der Waals surface area contributed by atoms with Gasteiger partial charge in [0.25, 0.3) is 0 Å². The Hall–Kier alpha value is -1.09. The van der Waals surface area contributed by atoms with Crippen molar-refractivity contribution in [1.82, 2.24) is 4.98 Å². The Bertz CT molecular complexity index is 521. The third-order valence-electron chi connectivity index (χ3n) is 2.61. The summed E-state index contributed by atoms with van der Waals surface area (Å²) in [5, 5.41) is 1.14. The van der Waals surface area contributed by atoms with Crippen LogP contribution >= 0.6 is 15.9 Å². The first kappa shape index (κ1) is 10.4. The van der Waals surface area contributed by atoms with Crippen molar-refractivity contribution in [3.05, 3.63) is 33.8 Å². The van der Waals surface area contributed by atoms with E-state index in [4.69, 9.17) is 5.73 Å². The van der Waals surface area contributed by atoms with Crippen LogP contribution in [0, 0.1) is 6.92 Å². The molecule has 0 bridgehead atoms. The van der Waals surface area contributed by atoms with Gasteiger partial charge in [-0.15, -0.1) is 0 Å². The van der Waals surface area contributed by atoms with Crippen molar-refractivity contribution in [3.8, 4) is 0 Å². The van der Waals surface area contributed by atoms with Gasteiger partial charge in [0.1, 0.15) is 5.82 Å². The maximum absolute atomic E-state index is 5.88. The lowest BCUT2D eigenvalue weighted by atomic mass is 10.1. The number of aryl methyl sites for hydroxylation is 2. The third kappa shape index (κ3) is 1.72. The summed E-state index contributed by atoms with van der Waals surface area (Å²) >= 11 is 3.54. The van der Waals surface area contributed by atoms with Crippen molar-refractivity contribution in [3.63, 3.8) is 0 Å². The van der Waals surface area contributed by atoms with Crippen LogP contribution in [0.3, 0.4) is 0 Å². The Balaban J connectivity index is 2.81.